The predicted octanol–water partition coefficient (Wildman–Crippen LogP) is 4.82. The summed E-state index contributed by atoms with van der Waals surface area (Å²) in [7, 11) is 0. The Bertz CT molecular complexity index is 416. The Kier molecular flexibility index (Phi) is 4.26. The van der Waals surface area contributed by atoms with Crippen molar-refractivity contribution in [3.8, 4) is 0 Å². The molecule has 0 aliphatic heterocycles. The summed E-state index contributed by atoms with van der Waals surface area (Å²) >= 11 is 0. The lowest BCUT2D eigenvalue weighted by Crippen LogP contribution is -1.98. The van der Waals surface area contributed by atoms with Gasteiger partial charge in [0.2, 0.25) is 0 Å². The lowest BCUT2D eigenvalue weighted by atomic mass is 9.90. The van der Waals surface area contributed by atoms with Crippen molar-refractivity contribution in [2.75, 3.05) is 0 Å². The van der Waals surface area contributed by atoms with Crippen molar-refractivity contribution in [1.29, 1.82) is 0 Å². The molecule has 0 aromatic heterocycles. The molecule has 2 aromatic carbocycles. The third-order valence-corrected chi connectivity index (χ3v) is 3.20. The second-order valence-electron chi connectivity index (χ2n) is 4.37. The highest BCUT2D eigenvalue weighted by Crippen LogP contribution is 2.25. The molecule has 0 aliphatic carbocycles. The van der Waals surface area contributed by atoms with E-state index in [0.29, 0.717) is 5.92 Å². The van der Waals surface area contributed by atoms with E-state index >= 15 is 0 Å². The SMILES string of the molecule is CCC(C[CH-]c1ccccc1)c1ccccc1. The molecule has 0 spiro atoms. The van der Waals surface area contributed by atoms with Gasteiger partial charge in [0, 0.05) is 0 Å². The minimum Gasteiger partial charge on any atom is -0.192 e. The summed E-state index contributed by atoms with van der Waals surface area (Å²) in [6.07, 6.45) is 4.64. The Morgan fingerprint density at radius 2 is 1.47 bits per heavy atom. The van der Waals surface area contributed by atoms with E-state index in [9.17, 15) is 0 Å². The lowest BCUT2D eigenvalue weighted by molar-refractivity contribution is 0.657. The normalized spacial score (nSPS) is 12.1. The summed E-state index contributed by atoms with van der Waals surface area (Å²) < 4.78 is 0. The Hall–Kier alpha value is -1.69. The van der Waals surface area contributed by atoms with E-state index in [2.05, 4.69) is 74.0 Å². The Morgan fingerprint density at radius 1 is 0.882 bits per heavy atom. The average molecular weight is 223 g/mol. The van der Waals surface area contributed by atoms with Gasteiger partial charge in [-0.2, -0.15) is 24.1 Å². The second kappa shape index (κ2) is 6.15. The van der Waals surface area contributed by atoms with Crippen molar-refractivity contribution >= 4 is 0 Å². The Morgan fingerprint density at radius 3 is 2.06 bits per heavy atom. The zero-order valence-corrected chi connectivity index (χ0v) is 10.3. The summed E-state index contributed by atoms with van der Waals surface area (Å²) in [5, 5.41) is 0. The van der Waals surface area contributed by atoms with Crippen LogP contribution in [0.4, 0.5) is 0 Å². The molecule has 0 bridgehead atoms. The zero-order valence-electron chi connectivity index (χ0n) is 10.3. The standard InChI is InChI=1S/C17H19/c1-2-16(17-11-7-4-8-12-17)14-13-15-9-5-3-6-10-15/h3-13,16H,2,14H2,1H3/q-1. The summed E-state index contributed by atoms with van der Waals surface area (Å²) in [6, 6.07) is 21.4. The maximum absolute atomic E-state index is 2.33. The van der Waals surface area contributed by atoms with Gasteiger partial charge in [0.25, 0.3) is 0 Å². The largest absolute Gasteiger partial charge is 0.192 e. The maximum atomic E-state index is 2.33. The van der Waals surface area contributed by atoms with Crippen molar-refractivity contribution in [1.82, 2.24) is 0 Å². The minimum absolute atomic E-state index is 0.636. The van der Waals surface area contributed by atoms with Gasteiger partial charge in [-0.05, 0) is 17.9 Å². The van der Waals surface area contributed by atoms with Gasteiger partial charge in [-0.1, -0.05) is 49.7 Å². The number of rotatable bonds is 5. The van der Waals surface area contributed by atoms with Crippen LogP contribution in [0.25, 0.3) is 0 Å². The zero-order chi connectivity index (χ0) is 11.9. The van der Waals surface area contributed by atoms with Gasteiger partial charge in [-0.15, -0.1) is 12.1 Å². The summed E-state index contributed by atoms with van der Waals surface area (Å²) in [5.41, 5.74) is 2.77. The van der Waals surface area contributed by atoms with Crippen molar-refractivity contribution in [3.05, 3.63) is 78.2 Å². The molecular formula is C17H19-. The van der Waals surface area contributed by atoms with Crippen molar-refractivity contribution in [3.63, 3.8) is 0 Å². The van der Waals surface area contributed by atoms with Gasteiger partial charge in [0.1, 0.15) is 0 Å². The molecule has 0 saturated carbocycles. The first-order chi connectivity index (χ1) is 8.40. The fourth-order valence-corrected chi connectivity index (χ4v) is 2.13. The molecule has 0 amide bonds. The van der Waals surface area contributed by atoms with Crippen LogP contribution in [-0.2, 0) is 0 Å². The second-order valence-corrected chi connectivity index (χ2v) is 4.37. The molecule has 0 N–H and O–H groups in total. The number of benzene rings is 2. The fourth-order valence-electron chi connectivity index (χ4n) is 2.13. The average Bonchev–Trinajstić information content (AvgIpc) is 2.42. The van der Waals surface area contributed by atoms with E-state index in [1.54, 1.807) is 0 Å². The van der Waals surface area contributed by atoms with E-state index in [4.69, 9.17) is 0 Å². The van der Waals surface area contributed by atoms with E-state index in [1.165, 1.54) is 17.5 Å². The van der Waals surface area contributed by atoms with Crippen LogP contribution < -0.4 is 0 Å². The number of hydrogen-bond donors (Lipinski definition) is 0. The van der Waals surface area contributed by atoms with Crippen LogP contribution in [0.1, 0.15) is 36.8 Å². The Labute approximate surface area is 104 Å². The monoisotopic (exact) mass is 223 g/mol. The van der Waals surface area contributed by atoms with Gasteiger partial charge in [-0.3, -0.25) is 0 Å². The van der Waals surface area contributed by atoms with Crippen LogP contribution in [-0.4, -0.2) is 0 Å². The molecule has 17 heavy (non-hydrogen) atoms. The first-order valence-corrected chi connectivity index (χ1v) is 6.33. The molecule has 0 saturated heterocycles. The van der Waals surface area contributed by atoms with E-state index in [-0.39, 0.29) is 0 Å². The molecule has 0 fully saturated rings. The molecule has 0 heteroatoms. The molecule has 88 valence electrons. The molecule has 0 radical (unpaired) electrons. The topological polar surface area (TPSA) is 0 Å². The van der Waals surface area contributed by atoms with Crippen molar-refractivity contribution < 1.29 is 0 Å². The molecule has 2 aromatic rings. The van der Waals surface area contributed by atoms with E-state index < -0.39 is 0 Å². The fraction of sp³-hybridized carbons (Fsp3) is 0.235. The van der Waals surface area contributed by atoms with E-state index in [0.717, 1.165) is 6.42 Å². The van der Waals surface area contributed by atoms with E-state index in [1.807, 2.05) is 0 Å². The van der Waals surface area contributed by atoms with Crippen LogP contribution in [0.15, 0.2) is 60.7 Å². The highest BCUT2D eigenvalue weighted by molar-refractivity contribution is 5.25. The van der Waals surface area contributed by atoms with Crippen molar-refractivity contribution in [2.24, 2.45) is 0 Å². The predicted molar refractivity (Wildman–Crippen MR) is 73.9 cm³/mol. The van der Waals surface area contributed by atoms with Gasteiger partial charge in [-0.25, -0.2) is 0 Å². The highest BCUT2D eigenvalue weighted by Gasteiger charge is 2.05. The Balaban J connectivity index is 1.97. The van der Waals surface area contributed by atoms with Crippen LogP contribution >= 0.6 is 0 Å². The first kappa shape index (κ1) is 11.8. The molecular weight excluding hydrogens is 204 g/mol. The van der Waals surface area contributed by atoms with Crippen LogP contribution in [0.3, 0.4) is 0 Å². The van der Waals surface area contributed by atoms with Gasteiger partial charge in [0.05, 0.1) is 0 Å². The molecule has 0 aliphatic rings. The van der Waals surface area contributed by atoms with Crippen LogP contribution in [0.2, 0.25) is 0 Å². The minimum atomic E-state index is 0.636. The summed E-state index contributed by atoms with van der Waals surface area (Å²) in [6.45, 7) is 2.26. The quantitative estimate of drug-likeness (QED) is 0.637. The molecule has 1 unspecified atom stereocenters. The van der Waals surface area contributed by atoms with Crippen LogP contribution in [0.5, 0.6) is 0 Å². The van der Waals surface area contributed by atoms with Crippen molar-refractivity contribution in [2.45, 2.75) is 25.7 Å². The smallest absolute Gasteiger partial charge is 0.0234 e. The van der Waals surface area contributed by atoms with Gasteiger partial charge >= 0.3 is 0 Å². The maximum Gasteiger partial charge on any atom is -0.0234 e. The first-order valence-electron chi connectivity index (χ1n) is 6.33. The molecule has 1 atom stereocenters. The number of hydrogen-bond acceptors (Lipinski definition) is 0. The van der Waals surface area contributed by atoms with Crippen LogP contribution in [0, 0.1) is 6.42 Å². The molecule has 2 rings (SSSR count). The van der Waals surface area contributed by atoms with Gasteiger partial charge in [0.15, 0.2) is 0 Å². The van der Waals surface area contributed by atoms with Gasteiger partial charge < -0.3 is 0 Å². The third-order valence-electron chi connectivity index (χ3n) is 3.20. The summed E-state index contributed by atoms with van der Waals surface area (Å²) in [5.74, 6) is 0.636. The third kappa shape index (κ3) is 3.39. The molecule has 0 heterocycles. The highest BCUT2D eigenvalue weighted by atomic mass is 14.1. The lowest BCUT2D eigenvalue weighted by Gasteiger charge is -2.18. The summed E-state index contributed by atoms with van der Waals surface area (Å²) in [4.78, 5) is 0. The molecule has 0 nitrogen and oxygen atoms in total.